The Bertz CT molecular complexity index is 3810. The normalized spacial score (nSPS) is 11.9. The maximum atomic E-state index is 7.23. The third kappa shape index (κ3) is 5.88. The van der Waals surface area contributed by atoms with Crippen molar-refractivity contribution in [2.45, 2.75) is 0 Å². The van der Waals surface area contributed by atoms with Crippen LogP contribution in [0.25, 0.3) is 98.4 Å². The Morgan fingerprint density at radius 3 is 1.05 bits per heavy atom. The fourth-order valence-corrected chi connectivity index (χ4v) is 9.73. The summed E-state index contributed by atoms with van der Waals surface area (Å²) in [7, 11) is 130. The third-order valence-corrected chi connectivity index (χ3v) is 13.1. The van der Waals surface area contributed by atoms with Crippen LogP contribution in [0.5, 0.6) is 0 Å². The standard InChI is InChI=1S/C46H9B19O/c47-28-17(12-6-3-7-14-16(12)13-8-10-4-1-2-5-11(10)9-15(13)66-14)29(48)37(56)26(36(28)55)19-23-20(31(50)41(60)43(62)33(23)52)18(21-24(19)34(53)44(63)42(61)32(21)51)22-25-27(38(57)40(59)30(22)49)39(58)46(65)45(64)35(25)54/h1-9H. The van der Waals surface area contributed by atoms with Gasteiger partial charge in [-0.25, -0.2) is 0 Å². The zero-order valence-electron chi connectivity index (χ0n) is 35.1. The smallest absolute Gasteiger partial charge is 0.136 e. The molecule has 0 fully saturated rings. The van der Waals surface area contributed by atoms with E-state index in [1.165, 1.54) is 0 Å². The van der Waals surface area contributed by atoms with Gasteiger partial charge in [-0.05, 0) is 94.7 Å². The van der Waals surface area contributed by atoms with Gasteiger partial charge in [0.05, 0.1) is 0 Å². The van der Waals surface area contributed by atoms with Crippen molar-refractivity contribution < 1.29 is 4.42 Å². The van der Waals surface area contributed by atoms with Gasteiger partial charge in [-0.1, -0.05) is 102 Å². The van der Waals surface area contributed by atoms with Gasteiger partial charge in [0.2, 0.25) is 0 Å². The SMILES string of the molecule is [B]c1c([B])c(-c2cccc3oc4cc5ccccc5cc4c23)c([B])c([B])c1-c1c2c([B])c([B])c([B])c([B])c2c(-c2c([B])c([B])c([B])c3c([B])c([B])c([B])c([B])c23)c2c([B])c([B])c([B])c([B])c12. The van der Waals surface area contributed by atoms with Crippen molar-refractivity contribution in [1.82, 2.24) is 0 Å². The molecule has 38 radical (unpaired) electrons. The maximum Gasteiger partial charge on any atom is 0.136 e. The molecular formula is C46H9B19O. The molecule has 0 aliphatic rings. The summed E-state index contributed by atoms with van der Waals surface area (Å²) in [5.74, 6) is 0. The number of fused-ring (bicyclic) bond motifs is 7. The summed E-state index contributed by atoms with van der Waals surface area (Å²) >= 11 is 0. The van der Waals surface area contributed by atoms with Crippen molar-refractivity contribution in [1.29, 1.82) is 0 Å². The van der Waals surface area contributed by atoms with Gasteiger partial charge in [-0.3, -0.25) is 0 Å². The molecular weight excluding hydrogens is 774 g/mol. The average molecular weight is 783 g/mol. The first kappa shape index (κ1) is 44.9. The molecule has 10 rings (SSSR count). The minimum absolute atomic E-state index is 0.0347. The Hall–Kier alpha value is -4.95. The lowest BCUT2D eigenvalue weighted by atomic mass is 9.55. The molecule has 0 bridgehead atoms. The molecule has 256 valence electrons. The molecule has 0 unspecified atom stereocenters. The number of rotatable bonds is 3. The second-order valence-corrected chi connectivity index (χ2v) is 16.5. The van der Waals surface area contributed by atoms with Crippen LogP contribution in [0.3, 0.4) is 0 Å². The molecule has 0 atom stereocenters. The first-order chi connectivity index (χ1) is 31.2. The highest BCUT2D eigenvalue weighted by atomic mass is 16.3. The molecule has 0 saturated carbocycles. The van der Waals surface area contributed by atoms with Crippen molar-refractivity contribution in [3.8, 4) is 33.4 Å². The highest BCUT2D eigenvalue weighted by molar-refractivity contribution is 6.75. The van der Waals surface area contributed by atoms with Crippen molar-refractivity contribution in [3.05, 3.63) is 54.6 Å². The zero-order valence-corrected chi connectivity index (χ0v) is 35.1. The summed E-state index contributed by atoms with van der Waals surface area (Å²) in [5, 5.41) is 4.11. The fraction of sp³-hybridized carbons (Fsp3) is 0. The van der Waals surface area contributed by atoms with Crippen molar-refractivity contribution in [2.24, 2.45) is 0 Å². The summed E-state index contributed by atoms with van der Waals surface area (Å²) in [6.45, 7) is 0. The summed E-state index contributed by atoms with van der Waals surface area (Å²) in [6.07, 6.45) is 0. The van der Waals surface area contributed by atoms with Crippen LogP contribution in [0.4, 0.5) is 0 Å². The van der Waals surface area contributed by atoms with Crippen molar-refractivity contribution >= 4 is 318 Å². The van der Waals surface area contributed by atoms with Crippen LogP contribution in [-0.4, -0.2) is 149 Å². The summed E-state index contributed by atoms with van der Waals surface area (Å²) < 4.78 is 6.37. The van der Waals surface area contributed by atoms with Crippen molar-refractivity contribution in [3.63, 3.8) is 0 Å². The predicted octanol–water partition coefficient (Wildman–Crippen LogP) is -9.72. The van der Waals surface area contributed by atoms with Gasteiger partial charge in [0.1, 0.15) is 160 Å². The minimum atomic E-state index is -0.118. The Balaban J connectivity index is 1.44. The van der Waals surface area contributed by atoms with E-state index >= 15 is 0 Å². The van der Waals surface area contributed by atoms with Gasteiger partial charge >= 0.3 is 0 Å². The average Bonchev–Trinajstić information content (AvgIpc) is 3.67. The van der Waals surface area contributed by atoms with E-state index in [4.69, 9.17) is 153 Å². The molecule has 0 aliphatic carbocycles. The van der Waals surface area contributed by atoms with Gasteiger partial charge in [-0.2, -0.15) is 0 Å². The van der Waals surface area contributed by atoms with Gasteiger partial charge in [0, 0.05) is 10.8 Å². The summed E-state index contributed by atoms with van der Waals surface area (Å²) in [5.41, 5.74) is 1.04. The van der Waals surface area contributed by atoms with Gasteiger partial charge in [0.25, 0.3) is 0 Å². The number of furan rings is 1. The van der Waals surface area contributed by atoms with Gasteiger partial charge in [0.15, 0.2) is 0 Å². The molecule has 0 aliphatic heterocycles. The maximum absolute atomic E-state index is 7.23. The quantitative estimate of drug-likeness (QED) is 0.129. The first-order valence-electron chi connectivity index (χ1n) is 20.1. The van der Waals surface area contributed by atoms with E-state index < -0.39 is 0 Å². The fourth-order valence-electron chi connectivity index (χ4n) is 9.73. The summed E-state index contributed by atoms with van der Waals surface area (Å²) in [6, 6.07) is 17.4. The van der Waals surface area contributed by atoms with Crippen molar-refractivity contribution in [2.75, 3.05) is 0 Å². The Kier molecular flexibility index (Phi) is 10.6. The predicted molar refractivity (Wildman–Crippen MR) is 302 cm³/mol. The van der Waals surface area contributed by atoms with E-state index in [1.807, 2.05) is 54.6 Å². The molecule has 1 heterocycles. The van der Waals surface area contributed by atoms with E-state index in [9.17, 15) is 0 Å². The zero-order chi connectivity index (χ0) is 47.4. The molecule has 1 aromatic heterocycles. The molecule has 0 N–H and O–H groups in total. The topological polar surface area (TPSA) is 13.1 Å². The molecule has 0 saturated heterocycles. The Morgan fingerprint density at radius 1 is 0.242 bits per heavy atom. The molecule has 66 heavy (non-hydrogen) atoms. The second-order valence-electron chi connectivity index (χ2n) is 16.5. The molecule has 0 spiro atoms. The van der Waals surface area contributed by atoms with E-state index in [2.05, 4.69) is 0 Å². The van der Waals surface area contributed by atoms with Crippen LogP contribution in [0.1, 0.15) is 0 Å². The van der Waals surface area contributed by atoms with Gasteiger partial charge in [-0.15, -0.1) is 38.2 Å². The van der Waals surface area contributed by atoms with Gasteiger partial charge < -0.3 is 4.42 Å². The molecule has 0 amide bonds. The monoisotopic (exact) mass is 786 g/mol. The minimum Gasteiger partial charge on any atom is -0.456 e. The lowest BCUT2D eigenvalue weighted by Gasteiger charge is -2.33. The van der Waals surface area contributed by atoms with Crippen LogP contribution in [0.2, 0.25) is 0 Å². The van der Waals surface area contributed by atoms with E-state index in [0.29, 0.717) is 22.3 Å². The van der Waals surface area contributed by atoms with Crippen LogP contribution in [0.15, 0.2) is 59.0 Å². The molecule has 9 aromatic carbocycles. The molecule has 10 aromatic rings. The van der Waals surface area contributed by atoms with Crippen LogP contribution >= 0.6 is 0 Å². The summed E-state index contributed by atoms with van der Waals surface area (Å²) in [4.78, 5) is 0. The lowest BCUT2D eigenvalue weighted by molar-refractivity contribution is 0.669. The van der Waals surface area contributed by atoms with E-state index in [0.717, 1.165) is 21.5 Å². The number of benzene rings is 9. The Labute approximate surface area is 407 Å². The highest BCUT2D eigenvalue weighted by Crippen LogP contribution is 2.42. The number of hydrogen-bond donors (Lipinski definition) is 0. The number of hydrogen-bond acceptors (Lipinski definition) is 1. The second kappa shape index (κ2) is 15.5. The molecule has 20 heteroatoms. The Morgan fingerprint density at radius 2 is 0.591 bits per heavy atom. The van der Waals surface area contributed by atoms with E-state index in [-0.39, 0.29) is 158 Å². The van der Waals surface area contributed by atoms with Crippen LogP contribution in [-0.2, 0) is 0 Å². The van der Waals surface area contributed by atoms with Crippen LogP contribution in [0, 0.1) is 0 Å². The first-order valence-corrected chi connectivity index (χ1v) is 20.1. The van der Waals surface area contributed by atoms with Crippen LogP contribution < -0.4 is 104 Å². The lowest BCUT2D eigenvalue weighted by Crippen LogP contribution is -2.53. The third-order valence-electron chi connectivity index (χ3n) is 13.1. The largest absolute Gasteiger partial charge is 0.456 e. The molecule has 1 nitrogen and oxygen atoms in total. The highest BCUT2D eigenvalue weighted by Gasteiger charge is 2.30. The van der Waals surface area contributed by atoms with E-state index in [1.54, 1.807) is 0 Å².